The molecule has 0 aliphatic carbocycles. The van der Waals surface area contributed by atoms with Crippen LogP contribution in [0.1, 0.15) is 10.7 Å². The van der Waals surface area contributed by atoms with E-state index in [1.54, 1.807) is 43.5 Å². The molecule has 0 aliphatic heterocycles. The Labute approximate surface area is 171 Å². The molecule has 1 aromatic carbocycles. The van der Waals surface area contributed by atoms with Crippen molar-refractivity contribution in [1.29, 1.82) is 0 Å². The second-order valence-corrected chi connectivity index (χ2v) is 8.11. The number of hydrogen-bond acceptors (Lipinski definition) is 8. The highest BCUT2D eigenvalue weighted by molar-refractivity contribution is 7.98. The van der Waals surface area contributed by atoms with E-state index in [-0.39, 0.29) is 0 Å². The molecule has 0 unspecified atom stereocenters. The highest BCUT2D eigenvalue weighted by atomic mass is 32.2. The van der Waals surface area contributed by atoms with Crippen molar-refractivity contribution < 1.29 is 9.47 Å². The van der Waals surface area contributed by atoms with Crippen LogP contribution in [0, 0.1) is 6.92 Å². The SMILES string of the molecule is COc1ccc(-c2nnc(SCc3ccccn3)c3nc(C)sc23)cc1OC. The number of rotatable bonds is 6. The molecule has 0 spiro atoms. The summed E-state index contributed by atoms with van der Waals surface area (Å²) in [4.78, 5) is 9.07. The maximum absolute atomic E-state index is 5.43. The Morgan fingerprint density at radius 1 is 1.04 bits per heavy atom. The van der Waals surface area contributed by atoms with Crippen LogP contribution in [0.3, 0.4) is 0 Å². The second-order valence-electron chi connectivity index (χ2n) is 5.94. The van der Waals surface area contributed by atoms with Gasteiger partial charge in [0.15, 0.2) is 11.5 Å². The molecular formula is C20H18N4O2S2. The number of thiazole rings is 1. The highest BCUT2D eigenvalue weighted by Crippen LogP contribution is 2.38. The molecule has 3 heterocycles. The highest BCUT2D eigenvalue weighted by Gasteiger charge is 2.17. The van der Waals surface area contributed by atoms with Gasteiger partial charge in [0.1, 0.15) is 16.2 Å². The number of nitrogens with zero attached hydrogens (tertiary/aromatic N) is 4. The molecule has 3 aromatic heterocycles. The normalized spacial score (nSPS) is 11.0. The molecule has 0 atom stereocenters. The summed E-state index contributed by atoms with van der Waals surface area (Å²) in [7, 11) is 3.24. The number of hydrogen-bond donors (Lipinski definition) is 0. The minimum atomic E-state index is 0.657. The molecule has 4 aromatic rings. The lowest BCUT2D eigenvalue weighted by Gasteiger charge is -2.10. The smallest absolute Gasteiger partial charge is 0.161 e. The molecule has 142 valence electrons. The van der Waals surface area contributed by atoms with Crippen molar-refractivity contribution in [2.75, 3.05) is 14.2 Å². The van der Waals surface area contributed by atoms with Crippen LogP contribution in [0.25, 0.3) is 21.5 Å². The van der Waals surface area contributed by atoms with Crippen LogP contribution in [-0.4, -0.2) is 34.4 Å². The number of methoxy groups -OCH3 is 2. The minimum Gasteiger partial charge on any atom is -0.493 e. The zero-order valence-electron chi connectivity index (χ0n) is 15.7. The summed E-state index contributed by atoms with van der Waals surface area (Å²) in [5, 5.41) is 10.8. The summed E-state index contributed by atoms with van der Waals surface area (Å²) in [5.74, 6) is 2.06. The van der Waals surface area contributed by atoms with E-state index in [9.17, 15) is 0 Å². The van der Waals surface area contributed by atoms with E-state index in [4.69, 9.17) is 14.5 Å². The molecule has 0 aliphatic rings. The number of fused-ring (bicyclic) bond motifs is 1. The van der Waals surface area contributed by atoms with Crippen molar-refractivity contribution in [3.05, 3.63) is 53.3 Å². The van der Waals surface area contributed by atoms with Gasteiger partial charge >= 0.3 is 0 Å². The van der Waals surface area contributed by atoms with E-state index in [0.717, 1.165) is 43.0 Å². The zero-order chi connectivity index (χ0) is 19.5. The quantitative estimate of drug-likeness (QED) is 0.424. The van der Waals surface area contributed by atoms with Crippen LogP contribution in [0.15, 0.2) is 47.6 Å². The average Bonchev–Trinajstić information content (AvgIpc) is 3.13. The number of pyridine rings is 1. The van der Waals surface area contributed by atoms with Gasteiger partial charge in [0.2, 0.25) is 0 Å². The van der Waals surface area contributed by atoms with Gasteiger partial charge in [0.25, 0.3) is 0 Å². The molecule has 0 amide bonds. The summed E-state index contributed by atoms with van der Waals surface area (Å²) in [6, 6.07) is 11.6. The Balaban J connectivity index is 1.73. The second kappa shape index (κ2) is 8.12. The van der Waals surface area contributed by atoms with Gasteiger partial charge in [0, 0.05) is 17.5 Å². The van der Waals surface area contributed by atoms with Crippen LogP contribution in [0.5, 0.6) is 11.5 Å². The van der Waals surface area contributed by atoms with Crippen LogP contribution < -0.4 is 9.47 Å². The van der Waals surface area contributed by atoms with Crippen molar-refractivity contribution in [3.8, 4) is 22.8 Å². The van der Waals surface area contributed by atoms with Gasteiger partial charge in [0.05, 0.1) is 29.6 Å². The molecule has 0 N–H and O–H groups in total. The first kappa shape index (κ1) is 18.6. The van der Waals surface area contributed by atoms with E-state index in [1.807, 2.05) is 43.3 Å². The van der Waals surface area contributed by atoms with Gasteiger partial charge in [-0.3, -0.25) is 4.98 Å². The maximum Gasteiger partial charge on any atom is 0.161 e. The fourth-order valence-electron chi connectivity index (χ4n) is 2.82. The van der Waals surface area contributed by atoms with E-state index < -0.39 is 0 Å². The van der Waals surface area contributed by atoms with Crippen molar-refractivity contribution in [2.45, 2.75) is 17.7 Å². The van der Waals surface area contributed by atoms with Gasteiger partial charge in [-0.2, -0.15) is 0 Å². The predicted octanol–water partition coefficient (Wildman–Crippen LogP) is 4.77. The van der Waals surface area contributed by atoms with Crippen LogP contribution in [0.2, 0.25) is 0 Å². The van der Waals surface area contributed by atoms with Gasteiger partial charge in [-0.15, -0.1) is 21.5 Å². The topological polar surface area (TPSA) is 70.0 Å². The first-order chi connectivity index (χ1) is 13.7. The van der Waals surface area contributed by atoms with Gasteiger partial charge in [-0.1, -0.05) is 17.8 Å². The van der Waals surface area contributed by atoms with Crippen LogP contribution in [0.4, 0.5) is 0 Å². The number of aromatic nitrogens is 4. The van der Waals surface area contributed by atoms with E-state index in [2.05, 4.69) is 15.2 Å². The standard InChI is InChI=1S/C20H18N4O2S2/c1-12-22-18-19(28-12)17(13-7-8-15(25-2)16(10-13)26-3)23-24-20(18)27-11-14-6-4-5-9-21-14/h4-10H,11H2,1-3H3. The Hall–Kier alpha value is -2.71. The lowest BCUT2D eigenvalue weighted by Crippen LogP contribution is -1.95. The Morgan fingerprint density at radius 3 is 2.64 bits per heavy atom. The largest absolute Gasteiger partial charge is 0.493 e. The number of ether oxygens (including phenoxy) is 2. The summed E-state index contributed by atoms with van der Waals surface area (Å²) in [6.07, 6.45) is 1.80. The summed E-state index contributed by atoms with van der Waals surface area (Å²) < 4.78 is 11.8. The first-order valence-corrected chi connectivity index (χ1v) is 10.4. The molecule has 28 heavy (non-hydrogen) atoms. The Kier molecular flexibility index (Phi) is 5.40. The molecule has 0 saturated heterocycles. The van der Waals surface area contributed by atoms with Crippen molar-refractivity contribution in [3.63, 3.8) is 0 Å². The molecule has 0 bridgehead atoms. The van der Waals surface area contributed by atoms with E-state index in [1.165, 1.54) is 0 Å². The molecule has 0 radical (unpaired) electrons. The number of aryl methyl sites for hydroxylation is 1. The molecule has 0 fully saturated rings. The van der Waals surface area contributed by atoms with Crippen LogP contribution in [-0.2, 0) is 5.75 Å². The molecule has 0 saturated carbocycles. The molecule has 8 heteroatoms. The van der Waals surface area contributed by atoms with Gasteiger partial charge in [-0.25, -0.2) is 4.98 Å². The Morgan fingerprint density at radius 2 is 1.89 bits per heavy atom. The van der Waals surface area contributed by atoms with E-state index >= 15 is 0 Å². The Bertz CT molecular complexity index is 1120. The van der Waals surface area contributed by atoms with Gasteiger partial charge in [-0.05, 0) is 37.3 Å². The van der Waals surface area contributed by atoms with Crippen molar-refractivity contribution in [1.82, 2.24) is 20.2 Å². The maximum atomic E-state index is 5.43. The number of thioether (sulfide) groups is 1. The fraction of sp³-hybridized carbons (Fsp3) is 0.200. The summed E-state index contributed by atoms with van der Waals surface area (Å²) in [6.45, 7) is 2.00. The lowest BCUT2D eigenvalue weighted by molar-refractivity contribution is 0.355. The van der Waals surface area contributed by atoms with E-state index in [0.29, 0.717) is 11.5 Å². The van der Waals surface area contributed by atoms with Crippen molar-refractivity contribution in [2.24, 2.45) is 0 Å². The third kappa shape index (κ3) is 3.65. The fourth-order valence-corrected chi connectivity index (χ4v) is 4.65. The molecule has 4 rings (SSSR count). The summed E-state index contributed by atoms with van der Waals surface area (Å²) in [5.41, 5.74) is 3.59. The molecule has 6 nitrogen and oxygen atoms in total. The monoisotopic (exact) mass is 410 g/mol. The zero-order valence-corrected chi connectivity index (χ0v) is 17.3. The third-order valence-electron chi connectivity index (χ3n) is 4.13. The van der Waals surface area contributed by atoms with Crippen LogP contribution >= 0.6 is 23.1 Å². The average molecular weight is 411 g/mol. The minimum absolute atomic E-state index is 0.657. The molecular weight excluding hydrogens is 392 g/mol. The third-order valence-corrected chi connectivity index (χ3v) is 6.10. The first-order valence-electron chi connectivity index (χ1n) is 8.58. The predicted molar refractivity (Wildman–Crippen MR) is 112 cm³/mol. The van der Waals surface area contributed by atoms with Crippen molar-refractivity contribution >= 4 is 33.3 Å². The van der Waals surface area contributed by atoms with Gasteiger partial charge < -0.3 is 9.47 Å². The summed E-state index contributed by atoms with van der Waals surface area (Å²) >= 11 is 3.22. The number of benzene rings is 1. The lowest BCUT2D eigenvalue weighted by atomic mass is 10.1.